The lowest BCUT2D eigenvalue weighted by atomic mass is 10.1. The molecule has 190 valence electrons. The van der Waals surface area contributed by atoms with Gasteiger partial charge in [0.25, 0.3) is 10.0 Å². The fraction of sp³-hybridized carbons (Fsp3) is 0.296. The largest absolute Gasteiger partial charge is 0.495 e. The number of methoxy groups -OCH3 is 1. The molecule has 0 atom stereocenters. The molecule has 1 aliphatic heterocycles. The number of nitrogens with zero attached hydrogens (tertiary/aromatic N) is 2. The van der Waals surface area contributed by atoms with E-state index in [9.17, 15) is 13.2 Å². The number of anilines is 1. The van der Waals surface area contributed by atoms with Crippen molar-refractivity contribution in [2.75, 3.05) is 31.0 Å². The van der Waals surface area contributed by atoms with Crippen molar-refractivity contribution in [2.24, 2.45) is 0 Å². The molecular weight excluding hydrogens is 498 g/mol. The van der Waals surface area contributed by atoms with Crippen LogP contribution in [0.5, 0.6) is 5.75 Å². The number of carbonyl (C=O) groups is 1. The Morgan fingerprint density at radius 3 is 2.31 bits per heavy atom. The van der Waals surface area contributed by atoms with Gasteiger partial charge in [-0.25, -0.2) is 8.42 Å². The Bertz CT molecular complexity index is 1280. The lowest BCUT2D eigenvalue weighted by Crippen LogP contribution is -2.40. The van der Waals surface area contributed by atoms with Crippen LogP contribution >= 0.6 is 11.6 Å². The van der Waals surface area contributed by atoms with Crippen molar-refractivity contribution in [3.05, 3.63) is 88.9 Å². The van der Waals surface area contributed by atoms with Gasteiger partial charge in [0.1, 0.15) is 12.3 Å². The summed E-state index contributed by atoms with van der Waals surface area (Å²) in [5, 5.41) is 3.09. The van der Waals surface area contributed by atoms with Crippen LogP contribution in [0, 0.1) is 0 Å². The first-order valence-electron chi connectivity index (χ1n) is 11.8. The summed E-state index contributed by atoms with van der Waals surface area (Å²) in [6.45, 7) is 3.11. The second kappa shape index (κ2) is 11.8. The fourth-order valence-electron chi connectivity index (χ4n) is 4.19. The summed E-state index contributed by atoms with van der Waals surface area (Å²) in [5.74, 6) is -0.0160. The van der Waals surface area contributed by atoms with E-state index in [2.05, 4.69) is 22.3 Å². The van der Waals surface area contributed by atoms with Gasteiger partial charge >= 0.3 is 0 Å². The van der Waals surface area contributed by atoms with Crippen LogP contribution in [0.25, 0.3) is 0 Å². The summed E-state index contributed by atoms with van der Waals surface area (Å²) in [6, 6.07) is 20.8. The van der Waals surface area contributed by atoms with Gasteiger partial charge in [-0.05, 0) is 67.4 Å². The van der Waals surface area contributed by atoms with Crippen molar-refractivity contribution in [1.29, 1.82) is 0 Å². The van der Waals surface area contributed by atoms with Gasteiger partial charge in [0.05, 0.1) is 22.7 Å². The van der Waals surface area contributed by atoms with Gasteiger partial charge in [0.15, 0.2) is 0 Å². The summed E-state index contributed by atoms with van der Waals surface area (Å²) in [5.41, 5.74) is 2.45. The molecule has 1 saturated heterocycles. The molecule has 0 unspecified atom stereocenters. The summed E-state index contributed by atoms with van der Waals surface area (Å²) < 4.78 is 33.2. The first-order valence-corrected chi connectivity index (χ1v) is 13.7. The van der Waals surface area contributed by atoms with Gasteiger partial charge in [0.2, 0.25) is 5.91 Å². The Labute approximate surface area is 217 Å². The second-order valence-corrected chi connectivity index (χ2v) is 11.0. The molecule has 1 aliphatic rings. The molecule has 7 nitrogen and oxygen atoms in total. The highest BCUT2D eigenvalue weighted by Crippen LogP contribution is 2.31. The summed E-state index contributed by atoms with van der Waals surface area (Å²) in [6.07, 6.45) is 2.51. The number of likely N-dealkylation sites (tertiary alicyclic amines) is 1. The molecule has 0 aromatic heterocycles. The smallest absolute Gasteiger partial charge is 0.264 e. The van der Waals surface area contributed by atoms with Crippen LogP contribution in [0.4, 0.5) is 5.69 Å². The van der Waals surface area contributed by atoms with Crippen molar-refractivity contribution < 1.29 is 17.9 Å². The minimum Gasteiger partial charge on any atom is -0.495 e. The van der Waals surface area contributed by atoms with Crippen molar-refractivity contribution in [3.63, 3.8) is 0 Å². The molecule has 1 fully saturated rings. The number of hydrogen-bond donors (Lipinski definition) is 1. The second-order valence-electron chi connectivity index (χ2n) is 8.72. The van der Waals surface area contributed by atoms with E-state index >= 15 is 0 Å². The molecule has 1 heterocycles. The number of nitrogens with one attached hydrogen (secondary N) is 1. The summed E-state index contributed by atoms with van der Waals surface area (Å²) in [4.78, 5) is 15.4. The van der Waals surface area contributed by atoms with Crippen LogP contribution in [-0.4, -0.2) is 46.0 Å². The molecule has 1 amide bonds. The predicted octanol–water partition coefficient (Wildman–Crippen LogP) is 4.46. The lowest BCUT2D eigenvalue weighted by molar-refractivity contribution is -0.119. The van der Waals surface area contributed by atoms with Gasteiger partial charge in [-0.15, -0.1) is 0 Å². The van der Waals surface area contributed by atoms with Crippen LogP contribution in [0.3, 0.4) is 0 Å². The molecule has 4 rings (SSSR count). The molecule has 3 aromatic carbocycles. The number of benzene rings is 3. The van der Waals surface area contributed by atoms with Crippen LogP contribution in [0.1, 0.15) is 24.0 Å². The Morgan fingerprint density at radius 1 is 1.00 bits per heavy atom. The monoisotopic (exact) mass is 527 g/mol. The molecule has 0 bridgehead atoms. The van der Waals surface area contributed by atoms with Gasteiger partial charge in [-0.1, -0.05) is 54.1 Å². The topological polar surface area (TPSA) is 79.0 Å². The number of sulfonamides is 1. The van der Waals surface area contributed by atoms with E-state index < -0.39 is 22.5 Å². The quantitative estimate of drug-likeness (QED) is 0.421. The molecule has 36 heavy (non-hydrogen) atoms. The van der Waals surface area contributed by atoms with Gasteiger partial charge in [0, 0.05) is 13.1 Å². The van der Waals surface area contributed by atoms with Gasteiger partial charge < -0.3 is 10.1 Å². The maximum Gasteiger partial charge on any atom is 0.264 e. The third-order valence-corrected chi connectivity index (χ3v) is 8.24. The lowest BCUT2D eigenvalue weighted by Gasteiger charge is -2.24. The summed E-state index contributed by atoms with van der Waals surface area (Å²) in [7, 11) is -2.54. The Hall–Kier alpha value is -3.07. The maximum absolute atomic E-state index is 13.5. The van der Waals surface area contributed by atoms with E-state index in [0.717, 1.165) is 29.5 Å². The highest BCUT2D eigenvalue weighted by atomic mass is 35.5. The molecule has 0 radical (unpaired) electrons. The van der Waals surface area contributed by atoms with E-state index in [4.69, 9.17) is 16.3 Å². The SMILES string of the molecule is COc1ccc(N(CC(=O)NCc2ccc(CN3CCCC3)cc2)S(=O)(=O)c2ccccc2)cc1Cl. The van der Waals surface area contributed by atoms with Crippen molar-refractivity contribution in [2.45, 2.75) is 30.8 Å². The highest BCUT2D eigenvalue weighted by Gasteiger charge is 2.27. The summed E-state index contributed by atoms with van der Waals surface area (Å²) >= 11 is 6.26. The van der Waals surface area contributed by atoms with Crippen LogP contribution in [0.2, 0.25) is 5.02 Å². The third kappa shape index (κ3) is 6.37. The Morgan fingerprint density at radius 2 is 1.67 bits per heavy atom. The predicted molar refractivity (Wildman–Crippen MR) is 142 cm³/mol. The van der Waals surface area contributed by atoms with Crippen LogP contribution < -0.4 is 14.4 Å². The van der Waals surface area contributed by atoms with Crippen molar-refractivity contribution >= 4 is 33.2 Å². The van der Waals surface area contributed by atoms with E-state index in [1.807, 2.05) is 12.1 Å². The number of halogens is 1. The molecule has 0 spiro atoms. The molecule has 3 aromatic rings. The van der Waals surface area contributed by atoms with Crippen molar-refractivity contribution in [1.82, 2.24) is 10.2 Å². The third-order valence-electron chi connectivity index (χ3n) is 6.16. The molecule has 0 aliphatic carbocycles. The normalized spacial score (nSPS) is 13.9. The van der Waals surface area contributed by atoms with E-state index in [-0.39, 0.29) is 15.6 Å². The first kappa shape index (κ1) is 26.0. The van der Waals surface area contributed by atoms with E-state index in [0.29, 0.717) is 12.3 Å². The first-order chi connectivity index (χ1) is 17.4. The average Bonchev–Trinajstić information content (AvgIpc) is 3.40. The molecule has 9 heteroatoms. The highest BCUT2D eigenvalue weighted by molar-refractivity contribution is 7.92. The van der Waals surface area contributed by atoms with E-state index in [1.54, 1.807) is 30.3 Å². The Balaban J connectivity index is 1.47. The zero-order valence-electron chi connectivity index (χ0n) is 20.2. The number of ether oxygens (including phenoxy) is 1. The van der Waals surface area contributed by atoms with Crippen molar-refractivity contribution in [3.8, 4) is 5.75 Å². The molecule has 1 N–H and O–H groups in total. The Kier molecular flexibility index (Phi) is 8.51. The minimum absolute atomic E-state index is 0.0818. The maximum atomic E-state index is 13.5. The van der Waals surface area contributed by atoms with Gasteiger partial charge in [-0.3, -0.25) is 14.0 Å². The van der Waals surface area contributed by atoms with Crippen LogP contribution in [0.15, 0.2) is 77.7 Å². The van der Waals surface area contributed by atoms with E-state index in [1.165, 1.54) is 43.7 Å². The standard InChI is InChI=1S/C27H30ClN3O4S/c1-35-26-14-13-23(17-25(26)28)31(36(33,34)24-7-3-2-4-8-24)20-27(32)29-18-21-9-11-22(12-10-21)19-30-15-5-6-16-30/h2-4,7-14,17H,5-6,15-16,18-20H2,1H3,(H,29,32). The minimum atomic E-state index is -4.02. The number of hydrogen-bond acceptors (Lipinski definition) is 5. The fourth-order valence-corrected chi connectivity index (χ4v) is 5.88. The molecular formula is C27H30ClN3O4S. The zero-order valence-corrected chi connectivity index (χ0v) is 21.8. The number of carbonyl (C=O) groups excluding carboxylic acids is 1. The number of amides is 1. The number of rotatable bonds is 10. The molecule has 0 saturated carbocycles. The van der Waals surface area contributed by atoms with Gasteiger partial charge in [-0.2, -0.15) is 0 Å². The zero-order chi connectivity index (χ0) is 25.5. The van der Waals surface area contributed by atoms with Crippen LogP contribution in [-0.2, 0) is 27.9 Å². The average molecular weight is 528 g/mol.